The number of hydrogen-bond acceptors (Lipinski definition) is 2. The third-order valence-corrected chi connectivity index (χ3v) is 3.24. The molecule has 0 aliphatic rings. The quantitative estimate of drug-likeness (QED) is 0.435. The molecule has 0 saturated heterocycles. The Morgan fingerprint density at radius 2 is 1.52 bits per heavy atom. The maximum absolute atomic E-state index is 5.63. The molecule has 0 N–H and O–H groups in total. The van der Waals surface area contributed by atoms with E-state index in [2.05, 4.69) is 58.9 Å². The van der Waals surface area contributed by atoms with E-state index in [0.717, 1.165) is 12.2 Å². The summed E-state index contributed by atoms with van der Waals surface area (Å²) in [6.07, 6.45) is 1.15. The Hall–Kier alpha value is -0.0200. The van der Waals surface area contributed by atoms with Crippen molar-refractivity contribution in [3.63, 3.8) is 0 Å². The van der Waals surface area contributed by atoms with Crippen LogP contribution >= 0.6 is 0 Å². The molecule has 21 heavy (non-hydrogen) atoms. The van der Waals surface area contributed by atoms with Crippen molar-refractivity contribution in [2.45, 2.75) is 53.4 Å². The van der Waals surface area contributed by atoms with Crippen LogP contribution in [0.3, 0.4) is 0 Å². The first-order chi connectivity index (χ1) is 9.24. The van der Waals surface area contributed by atoms with Crippen LogP contribution in [0.15, 0.2) is 24.3 Å². The summed E-state index contributed by atoms with van der Waals surface area (Å²) in [5.74, 6) is 0.903. The van der Waals surface area contributed by atoms with E-state index in [4.69, 9.17) is 9.47 Å². The zero-order valence-electron chi connectivity index (χ0n) is 14.8. The van der Waals surface area contributed by atoms with Crippen molar-refractivity contribution in [2.75, 3.05) is 13.2 Å². The van der Waals surface area contributed by atoms with Crippen LogP contribution in [0.25, 0.3) is 0 Å². The second kappa shape index (κ2) is 9.19. The molecule has 0 aliphatic carbocycles. The minimum absolute atomic E-state index is 0. The number of hydrogen-bond donors (Lipinski definition) is 0. The van der Waals surface area contributed by atoms with Crippen LogP contribution in [-0.2, 0) is 10.2 Å². The number of rotatable bonds is 7. The third-order valence-electron chi connectivity index (χ3n) is 3.24. The van der Waals surface area contributed by atoms with E-state index in [0.29, 0.717) is 18.6 Å². The Balaban J connectivity index is 0.00000400. The van der Waals surface area contributed by atoms with Crippen LogP contribution in [0, 0.1) is 12.0 Å². The standard InChI is InChI=1S/C18H29O2.Na/c1-7-19-12-13-20-16-10-8-15(9-11-16)18(5,6)14-17(2,3)4;/h7-11H,12-14H2,1-6H3;/q-1;+1. The predicted octanol–water partition coefficient (Wildman–Crippen LogP) is 1.98. The first kappa shape index (κ1) is 21.0. The molecule has 0 heterocycles. The zero-order chi connectivity index (χ0) is 15.2. The summed E-state index contributed by atoms with van der Waals surface area (Å²) in [6.45, 7) is 16.2. The maximum atomic E-state index is 5.63. The molecule has 0 radical (unpaired) electrons. The molecule has 2 nitrogen and oxygen atoms in total. The Bertz CT molecular complexity index is 391. The van der Waals surface area contributed by atoms with Crippen molar-refractivity contribution < 1.29 is 39.0 Å². The van der Waals surface area contributed by atoms with E-state index in [1.807, 2.05) is 6.92 Å². The molecule has 0 aliphatic heterocycles. The molecule has 0 bridgehead atoms. The molecule has 0 amide bonds. The van der Waals surface area contributed by atoms with Crippen LogP contribution in [0.5, 0.6) is 5.75 Å². The van der Waals surface area contributed by atoms with E-state index in [1.54, 1.807) is 6.61 Å². The Kier molecular flexibility index (Phi) is 9.18. The normalized spacial score (nSPS) is 11.9. The summed E-state index contributed by atoms with van der Waals surface area (Å²) in [4.78, 5) is 0. The average Bonchev–Trinajstić information content (AvgIpc) is 2.32. The summed E-state index contributed by atoms with van der Waals surface area (Å²) >= 11 is 0. The molecule has 1 aromatic carbocycles. The van der Waals surface area contributed by atoms with Gasteiger partial charge in [-0.2, -0.15) is 6.92 Å². The van der Waals surface area contributed by atoms with E-state index in [-0.39, 0.29) is 35.0 Å². The Morgan fingerprint density at radius 3 is 2.00 bits per heavy atom. The predicted molar refractivity (Wildman–Crippen MR) is 85.0 cm³/mol. The van der Waals surface area contributed by atoms with Crippen molar-refractivity contribution in [2.24, 2.45) is 5.41 Å². The molecule has 114 valence electrons. The van der Waals surface area contributed by atoms with Gasteiger partial charge >= 0.3 is 29.6 Å². The van der Waals surface area contributed by atoms with Crippen molar-refractivity contribution in [1.82, 2.24) is 0 Å². The molecule has 0 atom stereocenters. The summed E-state index contributed by atoms with van der Waals surface area (Å²) in [6, 6.07) is 8.45. The number of benzene rings is 1. The van der Waals surface area contributed by atoms with Gasteiger partial charge in [0.05, 0.1) is 0 Å². The van der Waals surface area contributed by atoms with Crippen LogP contribution < -0.4 is 34.3 Å². The molecule has 3 heteroatoms. The van der Waals surface area contributed by atoms with Gasteiger partial charge in [-0.3, -0.25) is 0 Å². The van der Waals surface area contributed by atoms with Crippen molar-refractivity contribution >= 4 is 0 Å². The van der Waals surface area contributed by atoms with E-state index >= 15 is 0 Å². The van der Waals surface area contributed by atoms with Gasteiger partial charge in [-0.15, -0.1) is 0 Å². The van der Waals surface area contributed by atoms with Gasteiger partial charge in [-0.1, -0.05) is 46.8 Å². The Labute approximate surface area is 152 Å². The second-order valence-electron chi connectivity index (χ2n) is 7.10. The first-order valence-corrected chi connectivity index (χ1v) is 7.37. The Morgan fingerprint density at radius 1 is 0.952 bits per heavy atom. The smallest absolute Gasteiger partial charge is 0.550 e. The minimum Gasteiger partial charge on any atom is -0.550 e. The fourth-order valence-corrected chi connectivity index (χ4v) is 2.76. The molecule has 0 aromatic heterocycles. The van der Waals surface area contributed by atoms with Gasteiger partial charge in [-0.25, -0.2) is 6.61 Å². The molecular weight excluding hydrogens is 271 g/mol. The number of ether oxygens (including phenoxy) is 2. The van der Waals surface area contributed by atoms with Crippen LogP contribution in [-0.4, -0.2) is 13.2 Å². The third kappa shape index (κ3) is 8.25. The maximum Gasteiger partial charge on any atom is 1.00 e. The molecule has 0 unspecified atom stereocenters. The van der Waals surface area contributed by atoms with E-state index in [9.17, 15) is 0 Å². The summed E-state index contributed by atoms with van der Waals surface area (Å²) < 4.78 is 10.8. The summed E-state index contributed by atoms with van der Waals surface area (Å²) in [5.41, 5.74) is 1.86. The fraction of sp³-hybridized carbons (Fsp3) is 0.611. The van der Waals surface area contributed by atoms with Gasteiger partial charge in [0.1, 0.15) is 12.4 Å². The largest absolute Gasteiger partial charge is 1.00 e. The van der Waals surface area contributed by atoms with Crippen molar-refractivity contribution in [3.8, 4) is 5.75 Å². The molecular formula is C18H29NaO2. The average molecular weight is 300 g/mol. The summed E-state index contributed by atoms with van der Waals surface area (Å²) in [7, 11) is 0. The van der Waals surface area contributed by atoms with Gasteiger partial charge in [-0.05, 0) is 34.9 Å². The first-order valence-electron chi connectivity index (χ1n) is 7.37. The molecule has 0 fully saturated rings. The fourth-order valence-electron chi connectivity index (χ4n) is 2.76. The molecule has 1 rings (SSSR count). The van der Waals surface area contributed by atoms with Crippen LogP contribution in [0.2, 0.25) is 0 Å². The molecule has 0 saturated carbocycles. The van der Waals surface area contributed by atoms with Crippen molar-refractivity contribution in [3.05, 3.63) is 36.4 Å². The van der Waals surface area contributed by atoms with Crippen LogP contribution in [0.4, 0.5) is 0 Å². The SMILES string of the molecule is C[CH-]OCCOc1ccc(C(C)(C)CC(C)(C)C)cc1.[Na+]. The molecule has 0 spiro atoms. The van der Waals surface area contributed by atoms with E-state index < -0.39 is 0 Å². The zero-order valence-corrected chi connectivity index (χ0v) is 16.8. The topological polar surface area (TPSA) is 18.5 Å². The van der Waals surface area contributed by atoms with Gasteiger partial charge in [0.2, 0.25) is 0 Å². The van der Waals surface area contributed by atoms with Crippen LogP contribution in [0.1, 0.15) is 53.5 Å². The van der Waals surface area contributed by atoms with E-state index in [1.165, 1.54) is 5.56 Å². The second-order valence-corrected chi connectivity index (χ2v) is 7.10. The molecule has 1 aromatic rings. The van der Waals surface area contributed by atoms with Gasteiger partial charge < -0.3 is 9.47 Å². The summed E-state index contributed by atoms with van der Waals surface area (Å²) in [5, 5.41) is 0. The monoisotopic (exact) mass is 300 g/mol. The minimum atomic E-state index is 0. The van der Waals surface area contributed by atoms with Crippen molar-refractivity contribution in [1.29, 1.82) is 0 Å². The van der Waals surface area contributed by atoms with Gasteiger partial charge in [0.25, 0.3) is 0 Å². The van der Waals surface area contributed by atoms with Gasteiger partial charge in [0, 0.05) is 6.61 Å². The van der Waals surface area contributed by atoms with Gasteiger partial charge in [0.15, 0.2) is 0 Å².